The van der Waals surface area contributed by atoms with Gasteiger partial charge in [0.05, 0.1) is 5.39 Å². The fraction of sp³-hybridized carbons (Fsp3) is 0.318. The average molecular weight is 304 g/mol. The van der Waals surface area contributed by atoms with Crippen molar-refractivity contribution in [3.63, 3.8) is 0 Å². The van der Waals surface area contributed by atoms with Gasteiger partial charge in [-0.2, -0.15) is 4.57 Å². The highest BCUT2D eigenvalue weighted by molar-refractivity contribution is 5.96. The Kier molecular flexibility index (Phi) is 3.97. The number of hydrogen-bond donors (Lipinski definition) is 0. The first-order valence-corrected chi connectivity index (χ1v) is 8.40. The molecular formula is C22H26N+. The lowest BCUT2D eigenvalue weighted by molar-refractivity contribution is -0.665. The van der Waals surface area contributed by atoms with E-state index in [2.05, 4.69) is 88.7 Å². The topological polar surface area (TPSA) is 3.88 Å². The highest BCUT2D eigenvalue weighted by Crippen LogP contribution is 2.32. The Morgan fingerprint density at radius 3 is 2.22 bits per heavy atom. The smallest absolute Gasteiger partial charge is 0.198 e. The highest BCUT2D eigenvalue weighted by Gasteiger charge is 2.22. The van der Waals surface area contributed by atoms with Crippen molar-refractivity contribution < 1.29 is 4.57 Å². The molecule has 0 aliphatic heterocycles. The van der Waals surface area contributed by atoms with E-state index < -0.39 is 0 Å². The minimum atomic E-state index is 0.551. The van der Waals surface area contributed by atoms with Gasteiger partial charge >= 0.3 is 0 Å². The molecule has 3 rings (SSSR count). The van der Waals surface area contributed by atoms with Gasteiger partial charge in [-0.15, -0.1) is 0 Å². The van der Waals surface area contributed by atoms with Gasteiger partial charge in [-0.05, 0) is 48.4 Å². The van der Waals surface area contributed by atoms with E-state index >= 15 is 0 Å². The second kappa shape index (κ2) is 5.81. The number of nitrogens with zero attached hydrogens (tertiary/aromatic N) is 1. The van der Waals surface area contributed by atoms with Crippen molar-refractivity contribution in [3.05, 3.63) is 64.8 Å². The van der Waals surface area contributed by atoms with Gasteiger partial charge in [0.2, 0.25) is 5.69 Å². The molecule has 0 unspecified atom stereocenters. The van der Waals surface area contributed by atoms with Gasteiger partial charge in [0.25, 0.3) is 0 Å². The van der Waals surface area contributed by atoms with E-state index in [0.29, 0.717) is 5.92 Å². The van der Waals surface area contributed by atoms with Crippen LogP contribution in [-0.2, 0) is 7.05 Å². The van der Waals surface area contributed by atoms with Gasteiger partial charge in [0, 0.05) is 18.1 Å². The second-order valence-corrected chi connectivity index (χ2v) is 6.89. The fourth-order valence-electron chi connectivity index (χ4n) is 3.40. The predicted molar refractivity (Wildman–Crippen MR) is 98.9 cm³/mol. The van der Waals surface area contributed by atoms with Crippen LogP contribution in [0.15, 0.2) is 42.5 Å². The number of aromatic nitrogens is 1. The molecule has 118 valence electrons. The lowest BCUT2D eigenvalue weighted by atomic mass is 9.92. The van der Waals surface area contributed by atoms with Crippen molar-refractivity contribution in [3.8, 4) is 11.3 Å². The van der Waals surface area contributed by atoms with Crippen LogP contribution in [0.4, 0.5) is 0 Å². The lowest BCUT2D eigenvalue weighted by Crippen LogP contribution is -2.36. The summed E-state index contributed by atoms with van der Waals surface area (Å²) in [5.74, 6) is 0.551. The zero-order valence-electron chi connectivity index (χ0n) is 15.1. The van der Waals surface area contributed by atoms with E-state index in [1.54, 1.807) is 0 Å². The third-order valence-electron chi connectivity index (χ3n) is 5.15. The van der Waals surface area contributed by atoms with Crippen molar-refractivity contribution in [1.29, 1.82) is 0 Å². The van der Waals surface area contributed by atoms with Crippen molar-refractivity contribution in [2.75, 3.05) is 0 Å². The van der Waals surface area contributed by atoms with Gasteiger partial charge in [-0.25, -0.2) is 0 Å². The molecule has 0 atom stereocenters. The first kappa shape index (κ1) is 15.7. The first-order chi connectivity index (χ1) is 10.9. The number of pyridine rings is 1. The zero-order chi connectivity index (χ0) is 16.7. The molecule has 0 bridgehead atoms. The summed E-state index contributed by atoms with van der Waals surface area (Å²) in [5, 5.41) is 2.72. The normalized spacial score (nSPS) is 11.4. The second-order valence-electron chi connectivity index (χ2n) is 6.89. The maximum Gasteiger partial charge on any atom is 0.220 e. The zero-order valence-corrected chi connectivity index (χ0v) is 15.1. The molecule has 2 aromatic carbocycles. The number of fused-ring (bicyclic) bond motifs is 1. The van der Waals surface area contributed by atoms with Crippen LogP contribution in [0.2, 0.25) is 0 Å². The summed E-state index contributed by atoms with van der Waals surface area (Å²) in [6.45, 7) is 11.2. The Morgan fingerprint density at radius 1 is 0.870 bits per heavy atom. The van der Waals surface area contributed by atoms with Gasteiger partial charge in [0.1, 0.15) is 7.05 Å². The molecule has 0 N–H and O–H groups in total. The van der Waals surface area contributed by atoms with Crippen LogP contribution in [-0.4, -0.2) is 0 Å². The first-order valence-electron chi connectivity index (χ1n) is 8.40. The van der Waals surface area contributed by atoms with E-state index in [9.17, 15) is 0 Å². The Morgan fingerprint density at radius 2 is 1.57 bits per heavy atom. The largest absolute Gasteiger partial charge is 0.220 e. The van der Waals surface area contributed by atoms with Crippen LogP contribution in [0.1, 0.15) is 42.1 Å². The minimum absolute atomic E-state index is 0.551. The quantitative estimate of drug-likeness (QED) is 0.560. The van der Waals surface area contributed by atoms with Gasteiger partial charge < -0.3 is 0 Å². The third kappa shape index (κ3) is 2.55. The van der Waals surface area contributed by atoms with E-state index in [0.717, 1.165) is 0 Å². The van der Waals surface area contributed by atoms with Gasteiger partial charge in [-0.1, -0.05) is 44.2 Å². The molecule has 0 radical (unpaired) electrons. The van der Waals surface area contributed by atoms with Crippen molar-refractivity contribution in [2.45, 2.75) is 40.5 Å². The summed E-state index contributed by atoms with van der Waals surface area (Å²) in [6, 6.07) is 15.6. The van der Waals surface area contributed by atoms with E-state index in [-0.39, 0.29) is 0 Å². The monoisotopic (exact) mass is 304 g/mol. The van der Waals surface area contributed by atoms with Crippen molar-refractivity contribution in [1.82, 2.24) is 0 Å². The molecular weight excluding hydrogens is 278 g/mol. The van der Waals surface area contributed by atoms with E-state index in [4.69, 9.17) is 0 Å². The Hall–Kier alpha value is -2.15. The van der Waals surface area contributed by atoms with Crippen LogP contribution in [0.5, 0.6) is 0 Å². The van der Waals surface area contributed by atoms with Crippen LogP contribution < -0.4 is 4.57 Å². The molecule has 1 nitrogen and oxygen atoms in total. The minimum Gasteiger partial charge on any atom is -0.198 e. The van der Waals surface area contributed by atoms with Crippen LogP contribution in [0.25, 0.3) is 22.0 Å². The summed E-state index contributed by atoms with van der Waals surface area (Å²) >= 11 is 0. The Balaban J connectivity index is 2.45. The SMILES string of the molecule is Cc1ccccc1-c1c2ccc(C(C)C)cc2c(C)c(C)[n+]1C. The van der Waals surface area contributed by atoms with E-state index in [1.165, 1.54) is 44.4 Å². The molecule has 0 fully saturated rings. The Labute approximate surface area is 139 Å². The molecule has 0 aliphatic carbocycles. The van der Waals surface area contributed by atoms with Gasteiger partial charge in [0.15, 0.2) is 5.69 Å². The summed E-state index contributed by atoms with van der Waals surface area (Å²) < 4.78 is 2.34. The van der Waals surface area contributed by atoms with Gasteiger partial charge in [-0.3, -0.25) is 0 Å². The predicted octanol–water partition coefficient (Wildman–Crippen LogP) is 5.38. The summed E-state index contributed by atoms with van der Waals surface area (Å²) in [4.78, 5) is 0. The van der Waals surface area contributed by atoms with Crippen LogP contribution in [0, 0.1) is 20.8 Å². The average Bonchev–Trinajstić information content (AvgIpc) is 2.54. The number of hydrogen-bond acceptors (Lipinski definition) is 0. The Bertz CT molecular complexity index is 888. The summed E-state index contributed by atoms with van der Waals surface area (Å²) in [6.07, 6.45) is 0. The highest BCUT2D eigenvalue weighted by atomic mass is 14.9. The summed E-state index contributed by atoms with van der Waals surface area (Å²) in [5.41, 5.74) is 8.07. The third-order valence-corrected chi connectivity index (χ3v) is 5.15. The standard InChI is InChI=1S/C22H26N/c1-14(2)18-11-12-20-21(13-18)16(4)17(5)23(6)22(20)19-10-8-7-9-15(19)3/h7-14H,1-6H3/q+1. The molecule has 0 saturated heterocycles. The van der Waals surface area contributed by atoms with Crippen molar-refractivity contribution in [2.24, 2.45) is 7.05 Å². The molecule has 1 aromatic heterocycles. The molecule has 23 heavy (non-hydrogen) atoms. The lowest BCUT2D eigenvalue weighted by Gasteiger charge is -2.14. The number of benzene rings is 2. The van der Waals surface area contributed by atoms with E-state index in [1.807, 2.05) is 0 Å². The molecule has 0 spiro atoms. The van der Waals surface area contributed by atoms with Crippen molar-refractivity contribution >= 4 is 10.8 Å². The molecule has 3 aromatic rings. The molecule has 0 saturated carbocycles. The molecule has 0 aliphatic rings. The summed E-state index contributed by atoms with van der Waals surface area (Å²) in [7, 11) is 2.18. The van der Waals surface area contributed by atoms with Crippen LogP contribution >= 0.6 is 0 Å². The number of aryl methyl sites for hydroxylation is 2. The molecule has 1 heterocycles. The molecule has 0 amide bonds. The van der Waals surface area contributed by atoms with Crippen LogP contribution in [0.3, 0.4) is 0 Å². The maximum atomic E-state index is 2.38. The molecule has 1 heteroatoms. The fourth-order valence-corrected chi connectivity index (χ4v) is 3.40. The number of rotatable bonds is 2. The maximum absolute atomic E-state index is 2.38.